The number of carbonyl (C=O) groups is 1. The Bertz CT molecular complexity index is 868. The molecule has 1 atom stereocenters. The molecule has 122 valence electrons. The van der Waals surface area contributed by atoms with Crippen molar-refractivity contribution in [2.24, 2.45) is 0 Å². The van der Waals surface area contributed by atoms with E-state index in [1.807, 2.05) is 48.5 Å². The number of ether oxygens (including phenoxy) is 1. The first-order chi connectivity index (χ1) is 11.7. The van der Waals surface area contributed by atoms with E-state index in [1.165, 1.54) is 0 Å². The molecule has 0 fully saturated rings. The molecule has 3 N–H and O–H groups in total. The molecular formula is C19H18N2O3. The largest absolute Gasteiger partial charge is 0.493 e. The third-order valence-electron chi connectivity index (χ3n) is 4.33. The van der Waals surface area contributed by atoms with Crippen LogP contribution >= 0.6 is 0 Å². The monoisotopic (exact) mass is 322 g/mol. The van der Waals surface area contributed by atoms with Crippen molar-refractivity contribution in [1.82, 2.24) is 10.3 Å². The van der Waals surface area contributed by atoms with Crippen LogP contribution in [0.25, 0.3) is 10.9 Å². The number of para-hydroxylation sites is 1. The molecule has 5 heteroatoms. The van der Waals surface area contributed by atoms with Gasteiger partial charge in [-0.2, -0.15) is 0 Å². The van der Waals surface area contributed by atoms with Gasteiger partial charge in [-0.1, -0.05) is 24.3 Å². The molecule has 0 unspecified atom stereocenters. The van der Waals surface area contributed by atoms with E-state index in [1.54, 1.807) is 0 Å². The number of rotatable bonds is 4. The molecule has 2 heterocycles. The van der Waals surface area contributed by atoms with E-state index in [4.69, 9.17) is 4.74 Å². The summed E-state index contributed by atoms with van der Waals surface area (Å²) in [5.74, 6) is 0.655. The molecule has 5 nitrogen and oxygen atoms in total. The van der Waals surface area contributed by atoms with E-state index in [0.717, 1.165) is 34.2 Å². The van der Waals surface area contributed by atoms with Gasteiger partial charge in [0.25, 0.3) is 5.91 Å². The van der Waals surface area contributed by atoms with Crippen molar-refractivity contribution >= 4 is 16.8 Å². The second-order valence-corrected chi connectivity index (χ2v) is 5.96. The number of aromatic amines is 1. The molecule has 24 heavy (non-hydrogen) atoms. The van der Waals surface area contributed by atoms with Crippen molar-refractivity contribution in [1.29, 1.82) is 0 Å². The number of aliphatic hydroxyl groups is 1. The van der Waals surface area contributed by atoms with Crippen LogP contribution in [0, 0.1) is 0 Å². The summed E-state index contributed by atoms with van der Waals surface area (Å²) < 4.78 is 5.46. The number of aromatic nitrogens is 1. The molecule has 0 bridgehead atoms. The quantitative estimate of drug-likeness (QED) is 0.691. The van der Waals surface area contributed by atoms with E-state index in [0.29, 0.717) is 12.3 Å². The highest BCUT2D eigenvalue weighted by atomic mass is 16.5. The minimum Gasteiger partial charge on any atom is -0.493 e. The fourth-order valence-electron chi connectivity index (χ4n) is 3.01. The molecule has 1 aliphatic heterocycles. The highest BCUT2D eigenvalue weighted by Gasteiger charge is 2.17. The van der Waals surface area contributed by atoms with Crippen molar-refractivity contribution in [3.05, 3.63) is 65.4 Å². The number of amides is 1. The molecule has 0 radical (unpaired) electrons. The molecule has 0 saturated heterocycles. The standard InChI is InChI=1S/C19H18N2O3/c22-17(13-5-6-18-14(9-13)7-8-24-18)11-20-19(23)16-10-12-3-1-2-4-15(12)21-16/h1-6,9-10,17,21-22H,7-8,11H2,(H,20,23)/t17-/m1/s1. The Kier molecular flexibility index (Phi) is 3.70. The number of hydrogen-bond acceptors (Lipinski definition) is 3. The summed E-state index contributed by atoms with van der Waals surface area (Å²) in [5, 5.41) is 14.1. The molecule has 0 aliphatic carbocycles. The predicted molar refractivity (Wildman–Crippen MR) is 91.2 cm³/mol. The van der Waals surface area contributed by atoms with Crippen molar-refractivity contribution in [2.75, 3.05) is 13.2 Å². The summed E-state index contributed by atoms with van der Waals surface area (Å²) in [6, 6.07) is 15.2. The van der Waals surface area contributed by atoms with Gasteiger partial charge in [-0.15, -0.1) is 0 Å². The topological polar surface area (TPSA) is 74.3 Å². The maximum absolute atomic E-state index is 12.3. The van der Waals surface area contributed by atoms with Crippen LogP contribution in [0.2, 0.25) is 0 Å². The summed E-state index contributed by atoms with van der Waals surface area (Å²) in [6.07, 6.45) is 0.112. The molecular weight excluding hydrogens is 304 g/mol. The lowest BCUT2D eigenvalue weighted by molar-refractivity contribution is 0.0912. The Labute approximate surface area is 139 Å². The number of H-pyrrole nitrogens is 1. The zero-order chi connectivity index (χ0) is 16.5. The molecule has 1 aromatic heterocycles. The Balaban J connectivity index is 1.43. The Morgan fingerprint density at radius 2 is 2.12 bits per heavy atom. The Morgan fingerprint density at radius 3 is 3.00 bits per heavy atom. The average Bonchev–Trinajstić information content (AvgIpc) is 3.24. The van der Waals surface area contributed by atoms with Gasteiger partial charge in [0.15, 0.2) is 0 Å². The van der Waals surface area contributed by atoms with Gasteiger partial charge in [-0.3, -0.25) is 4.79 Å². The maximum Gasteiger partial charge on any atom is 0.267 e. The van der Waals surface area contributed by atoms with E-state index < -0.39 is 6.10 Å². The lowest BCUT2D eigenvalue weighted by Gasteiger charge is -2.13. The number of hydrogen-bond donors (Lipinski definition) is 3. The summed E-state index contributed by atoms with van der Waals surface area (Å²) in [6.45, 7) is 0.847. The first kappa shape index (κ1) is 14.8. The van der Waals surface area contributed by atoms with E-state index in [9.17, 15) is 9.90 Å². The van der Waals surface area contributed by atoms with Crippen LogP contribution in [0.4, 0.5) is 0 Å². The van der Waals surface area contributed by atoms with Gasteiger partial charge in [-0.05, 0) is 35.4 Å². The summed E-state index contributed by atoms with van der Waals surface area (Å²) in [5.41, 5.74) is 3.30. The lowest BCUT2D eigenvalue weighted by Crippen LogP contribution is -2.28. The van der Waals surface area contributed by atoms with Crippen molar-refractivity contribution in [2.45, 2.75) is 12.5 Å². The molecule has 2 aromatic carbocycles. The van der Waals surface area contributed by atoms with Crippen LogP contribution in [-0.4, -0.2) is 29.1 Å². The normalized spacial score (nSPS) is 14.2. The van der Waals surface area contributed by atoms with Gasteiger partial charge in [0.05, 0.1) is 12.7 Å². The third-order valence-corrected chi connectivity index (χ3v) is 4.33. The predicted octanol–water partition coefficient (Wildman–Crippen LogP) is 2.57. The number of nitrogens with one attached hydrogen (secondary N) is 2. The highest BCUT2D eigenvalue weighted by molar-refractivity contribution is 5.97. The Hall–Kier alpha value is -2.79. The third kappa shape index (κ3) is 2.74. The number of aliphatic hydroxyl groups excluding tert-OH is 1. The first-order valence-corrected chi connectivity index (χ1v) is 8.00. The van der Waals surface area contributed by atoms with Gasteiger partial charge < -0.3 is 20.1 Å². The molecule has 1 amide bonds. The van der Waals surface area contributed by atoms with Gasteiger partial charge >= 0.3 is 0 Å². The number of carbonyl (C=O) groups excluding carboxylic acids is 1. The van der Waals surface area contributed by atoms with Gasteiger partial charge in [0, 0.05) is 23.9 Å². The smallest absolute Gasteiger partial charge is 0.267 e. The van der Waals surface area contributed by atoms with Crippen LogP contribution in [0.15, 0.2) is 48.5 Å². The van der Waals surface area contributed by atoms with E-state index >= 15 is 0 Å². The van der Waals surface area contributed by atoms with Gasteiger partial charge in [0.1, 0.15) is 11.4 Å². The van der Waals surface area contributed by atoms with Crippen molar-refractivity contribution in [3.8, 4) is 5.75 Å². The van der Waals surface area contributed by atoms with Crippen LogP contribution < -0.4 is 10.1 Å². The van der Waals surface area contributed by atoms with E-state index in [-0.39, 0.29) is 12.5 Å². The molecule has 0 saturated carbocycles. The second-order valence-electron chi connectivity index (χ2n) is 5.96. The minimum atomic E-state index is -0.746. The van der Waals surface area contributed by atoms with Crippen LogP contribution in [0.5, 0.6) is 5.75 Å². The van der Waals surface area contributed by atoms with Crippen molar-refractivity contribution < 1.29 is 14.6 Å². The average molecular weight is 322 g/mol. The van der Waals surface area contributed by atoms with Gasteiger partial charge in [0.2, 0.25) is 0 Å². The minimum absolute atomic E-state index is 0.161. The van der Waals surface area contributed by atoms with Crippen LogP contribution in [-0.2, 0) is 6.42 Å². The molecule has 3 aromatic rings. The van der Waals surface area contributed by atoms with Crippen LogP contribution in [0.3, 0.4) is 0 Å². The number of benzene rings is 2. The molecule has 0 spiro atoms. The zero-order valence-electron chi connectivity index (χ0n) is 13.1. The van der Waals surface area contributed by atoms with Crippen molar-refractivity contribution in [3.63, 3.8) is 0 Å². The number of fused-ring (bicyclic) bond motifs is 2. The first-order valence-electron chi connectivity index (χ1n) is 8.00. The summed E-state index contributed by atoms with van der Waals surface area (Å²) in [4.78, 5) is 15.3. The summed E-state index contributed by atoms with van der Waals surface area (Å²) in [7, 11) is 0. The SMILES string of the molecule is O=C(NC[C@@H](O)c1ccc2c(c1)CCO2)c1cc2ccccc2[nH]1. The summed E-state index contributed by atoms with van der Waals surface area (Å²) >= 11 is 0. The lowest BCUT2D eigenvalue weighted by atomic mass is 10.0. The molecule has 4 rings (SSSR count). The molecule has 1 aliphatic rings. The Morgan fingerprint density at radius 1 is 1.25 bits per heavy atom. The highest BCUT2D eigenvalue weighted by Crippen LogP contribution is 2.28. The fourth-order valence-corrected chi connectivity index (χ4v) is 3.01. The van der Waals surface area contributed by atoms with E-state index in [2.05, 4.69) is 10.3 Å². The van der Waals surface area contributed by atoms with Gasteiger partial charge in [-0.25, -0.2) is 0 Å². The zero-order valence-corrected chi connectivity index (χ0v) is 13.1. The maximum atomic E-state index is 12.3. The second kappa shape index (κ2) is 6.02. The fraction of sp³-hybridized carbons (Fsp3) is 0.211. The van der Waals surface area contributed by atoms with Crippen LogP contribution in [0.1, 0.15) is 27.7 Å².